The van der Waals surface area contributed by atoms with Gasteiger partial charge in [-0.15, -0.1) is 6.58 Å². The third-order valence-electron chi connectivity index (χ3n) is 2.90. The van der Waals surface area contributed by atoms with E-state index in [1.807, 2.05) is 12.1 Å². The molecule has 0 saturated carbocycles. The zero-order chi connectivity index (χ0) is 15.1. The number of amides is 2. The van der Waals surface area contributed by atoms with Gasteiger partial charge < -0.3 is 0 Å². The van der Waals surface area contributed by atoms with Crippen LogP contribution in [0.1, 0.15) is 22.8 Å². The fourth-order valence-corrected chi connectivity index (χ4v) is 2.37. The molecule has 0 heterocycles. The van der Waals surface area contributed by atoms with Gasteiger partial charge in [0.15, 0.2) is 0 Å². The average Bonchev–Trinajstić information content (AvgIpc) is 2.46. The van der Waals surface area contributed by atoms with E-state index < -0.39 is 16.7 Å². The van der Waals surface area contributed by atoms with Crippen LogP contribution in [-0.2, 0) is 22.0 Å². The van der Waals surface area contributed by atoms with Gasteiger partial charge in [-0.05, 0) is 18.1 Å². The summed E-state index contributed by atoms with van der Waals surface area (Å²) in [5.74, 6) is -0.521. The topological polar surface area (TPSA) is 54.5 Å². The van der Waals surface area contributed by atoms with Crippen molar-refractivity contribution in [1.82, 2.24) is 4.90 Å². The fourth-order valence-electron chi connectivity index (χ4n) is 1.69. The monoisotopic (exact) mass is 293 g/mol. The van der Waals surface area contributed by atoms with Crippen molar-refractivity contribution in [2.45, 2.75) is 13.3 Å². The van der Waals surface area contributed by atoms with E-state index >= 15 is 0 Å². The first-order chi connectivity index (χ1) is 9.51. The number of nitrogens with zero attached hydrogens (tertiary/aromatic N) is 1. The summed E-state index contributed by atoms with van der Waals surface area (Å²) in [5.41, 5.74) is 1.30. The highest BCUT2D eigenvalue weighted by atomic mass is 32.2. The van der Waals surface area contributed by atoms with Gasteiger partial charge in [-0.1, -0.05) is 31.2 Å². The highest BCUT2D eigenvalue weighted by Gasteiger charge is 2.21. The van der Waals surface area contributed by atoms with E-state index in [0.29, 0.717) is 17.7 Å². The number of rotatable bonds is 6. The van der Waals surface area contributed by atoms with Crippen molar-refractivity contribution in [3.05, 3.63) is 48.0 Å². The SMILES string of the molecule is C=CCc1ccccc1C(=O)N(C)C(=O)CS(=O)CC. The molecule has 1 aromatic rings. The Kier molecular flexibility index (Phi) is 6.31. The van der Waals surface area contributed by atoms with Crippen molar-refractivity contribution in [1.29, 1.82) is 0 Å². The molecule has 1 rings (SSSR count). The maximum Gasteiger partial charge on any atom is 0.260 e. The lowest BCUT2D eigenvalue weighted by molar-refractivity contribution is -0.124. The Morgan fingerprint density at radius 2 is 2.00 bits per heavy atom. The molecule has 0 spiro atoms. The van der Waals surface area contributed by atoms with Crippen LogP contribution in [0.4, 0.5) is 0 Å². The molecule has 1 aromatic carbocycles. The summed E-state index contributed by atoms with van der Waals surface area (Å²) in [5, 5.41) is 0. The highest BCUT2D eigenvalue weighted by Crippen LogP contribution is 2.12. The summed E-state index contributed by atoms with van der Waals surface area (Å²) >= 11 is 0. The van der Waals surface area contributed by atoms with Crippen molar-refractivity contribution < 1.29 is 13.8 Å². The second-order valence-electron chi connectivity index (χ2n) is 4.28. The molecule has 0 aliphatic rings. The zero-order valence-electron chi connectivity index (χ0n) is 11.8. The Morgan fingerprint density at radius 3 is 2.60 bits per heavy atom. The second kappa shape index (κ2) is 7.75. The van der Waals surface area contributed by atoms with Gasteiger partial charge in [-0.3, -0.25) is 18.7 Å². The lowest BCUT2D eigenvalue weighted by Crippen LogP contribution is -2.36. The summed E-state index contributed by atoms with van der Waals surface area (Å²) in [6.07, 6.45) is 2.27. The molecule has 0 radical (unpaired) electrons. The minimum Gasteiger partial charge on any atom is -0.281 e. The van der Waals surface area contributed by atoms with Gasteiger partial charge in [0, 0.05) is 29.2 Å². The normalized spacial score (nSPS) is 11.7. The van der Waals surface area contributed by atoms with Crippen LogP contribution in [0.5, 0.6) is 0 Å². The first-order valence-electron chi connectivity index (χ1n) is 6.35. The maximum atomic E-state index is 12.3. The Bertz CT molecular complexity index is 540. The largest absolute Gasteiger partial charge is 0.281 e. The summed E-state index contributed by atoms with van der Waals surface area (Å²) in [6.45, 7) is 5.40. The van der Waals surface area contributed by atoms with Gasteiger partial charge in [0.2, 0.25) is 5.91 Å². The first kappa shape index (κ1) is 16.3. The van der Waals surface area contributed by atoms with Crippen molar-refractivity contribution >= 4 is 22.6 Å². The lowest BCUT2D eigenvalue weighted by Gasteiger charge is -2.17. The van der Waals surface area contributed by atoms with E-state index in [1.54, 1.807) is 25.1 Å². The van der Waals surface area contributed by atoms with E-state index in [1.165, 1.54) is 7.05 Å². The molecule has 4 nitrogen and oxygen atoms in total. The number of benzene rings is 1. The summed E-state index contributed by atoms with van der Waals surface area (Å²) in [7, 11) is 0.200. The second-order valence-corrected chi connectivity index (χ2v) is 6.03. The molecule has 0 aliphatic heterocycles. The Balaban J connectivity index is 2.91. The number of hydrogen-bond donors (Lipinski definition) is 0. The van der Waals surface area contributed by atoms with Crippen molar-refractivity contribution in [3.8, 4) is 0 Å². The molecule has 1 atom stereocenters. The third kappa shape index (κ3) is 4.13. The zero-order valence-corrected chi connectivity index (χ0v) is 12.6. The summed E-state index contributed by atoms with van der Waals surface area (Å²) in [6, 6.07) is 7.10. The van der Waals surface area contributed by atoms with Crippen molar-refractivity contribution in [3.63, 3.8) is 0 Å². The molecule has 5 heteroatoms. The van der Waals surface area contributed by atoms with E-state index in [2.05, 4.69) is 6.58 Å². The van der Waals surface area contributed by atoms with E-state index in [4.69, 9.17) is 0 Å². The van der Waals surface area contributed by atoms with Crippen LogP contribution >= 0.6 is 0 Å². The molecule has 0 aliphatic carbocycles. The maximum absolute atomic E-state index is 12.3. The summed E-state index contributed by atoms with van der Waals surface area (Å²) < 4.78 is 11.4. The average molecular weight is 293 g/mol. The van der Waals surface area contributed by atoms with E-state index in [-0.39, 0.29) is 11.7 Å². The number of carbonyl (C=O) groups is 2. The van der Waals surface area contributed by atoms with Gasteiger partial charge in [0.1, 0.15) is 5.75 Å². The molecule has 0 N–H and O–H groups in total. The van der Waals surface area contributed by atoms with Crippen LogP contribution < -0.4 is 0 Å². The number of allylic oxidation sites excluding steroid dienone is 1. The van der Waals surface area contributed by atoms with Gasteiger partial charge in [-0.2, -0.15) is 0 Å². The minimum absolute atomic E-state index is 0.123. The van der Waals surface area contributed by atoms with Gasteiger partial charge in [0.05, 0.1) is 0 Å². The van der Waals surface area contributed by atoms with Gasteiger partial charge in [-0.25, -0.2) is 0 Å². The number of carbonyl (C=O) groups excluding carboxylic acids is 2. The van der Waals surface area contributed by atoms with Crippen LogP contribution in [0, 0.1) is 0 Å². The predicted octanol–water partition coefficient (Wildman–Crippen LogP) is 1.78. The minimum atomic E-state index is -1.22. The standard InChI is InChI=1S/C15H19NO3S/c1-4-8-12-9-6-7-10-13(12)15(18)16(3)14(17)11-20(19)5-2/h4,6-7,9-10H,1,5,8,11H2,2-3H3. The highest BCUT2D eigenvalue weighted by molar-refractivity contribution is 7.85. The molecule has 2 amide bonds. The van der Waals surface area contributed by atoms with Crippen LogP contribution in [0.15, 0.2) is 36.9 Å². The van der Waals surface area contributed by atoms with Crippen molar-refractivity contribution in [2.75, 3.05) is 18.6 Å². The van der Waals surface area contributed by atoms with Gasteiger partial charge in [0.25, 0.3) is 5.91 Å². The molecule has 1 unspecified atom stereocenters. The van der Waals surface area contributed by atoms with Gasteiger partial charge >= 0.3 is 0 Å². The first-order valence-corrected chi connectivity index (χ1v) is 7.84. The van der Waals surface area contributed by atoms with Crippen LogP contribution in [0.2, 0.25) is 0 Å². The molecule has 20 heavy (non-hydrogen) atoms. The molecule has 0 saturated heterocycles. The van der Waals surface area contributed by atoms with Crippen LogP contribution in [0.25, 0.3) is 0 Å². The quantitative estimate of drug-likeness (QED) is 0.751. The fraction of sp³-hybridized carbons (Fsp3) is 0.333. The molecule has 108 valence electrons. The molecular formula is C15H19NO3S. The predicted molar refractivity (Wildman–Crippen MR) is 81.0 cm³/mol. The van der Waals surface area contributed by atoms with E-state index in [0.717, 1.165) is 10.5 Å². The van der Waals surface area contributed by atoms with Crippen LogP contribution in [-0.4, -0.2) is 39.5 Å². The molecule has 0 aromatic heterocycles. The van der Waals surface area contributed by atoms with E-state index in [9.17, 15) is 13.8 Å². The van der Waals surface area contributed by atoms with Crippen LogP contribution in [0.3, 0.4) is 0 Å². The van der Waals surface area contributed by atoms with Crippen molar-refractivity contribution in [2.24, 2.45) is 0 Å². The lowest BCUT2D eigenvalue weighted by atomic mass is 10.0. The number of hydrogen-bond acceptors (Lipinski definition) is 3. The Morgan fingerprint density at radius 1 is 1.35 bits per heavy atom. The third-order valence-corrected chi connectivity index (χ3v) is 4.11. The summed E-state index contributed by atoms with van der Waals surface area (Å²) in [4.78, 5) is 25.2. The molecule has 0 bridgehead atoms. The molecular weight excluding hydrogens is 274 g/mol. The number of imide groups is 1. The molecule has 0 fully saturated rings. The Hall–Kier alpha value is -1.75. The smallest absolute Gasteiger partial charge is 0.260 e. The Labute approximate surface area is 121 Å².